The number of methoxy groups -OCH3 is 1. The van der Waals surface area contributed by atoms with Crippen LogP contribution >= 0.6 is 0 Å². The number of aryl methyl sites for hydroxylation is 2. The van der Waals surface area contributed by atoms with Crippen molar-refractivity contribution in [2.24, 2.45) is 0 Å². The average molecular weight is 234 g/mol. The standard InChI is InChI=1S/C15H22O2/c1-11-9-13(15(2,3)4)14(17-5)10-12(11)7-6-8-16/h8-10H,6-7H2,1-5H3. The van der Waals surface area contributed by atoms with Crippen molar-refractivity contribution in [2.45, 2.75) is 46.0 Å². The first-order chi connectivity index (χ1) is 7.90. The minimum Gasteiger partial charge on any atom is -0.496 e. The number of benzene rings is 1. The Morgan fingerprint density at radius 2 is 1.94 bits per heavy atom. The van der Waals surface area contributed by atoms with E-state index in [2.05, 4.69) is 39.8 Å². The Labute approximate surface area is 104 Å². The summed E-state index contributed by atoms with van der Waals surface area (Å²) in [5.74, 6) is 0.920. The van der Waals surface area contributed by atoms with E-state index < -0.39 is 0 Å². The molecule has 2 nitrogen and oxygen atoms in total. The lowest BCUT2D eigenvalue weighted by atomic mass is 9.84. The molecule has 0 heterocycles. The van der Waals surface area contributed by atoms with E-state index in [4.69, 9.17) is 4.74 Å². The monoisotopic (exact) mass is 234 g/mol. The van der Waals surface area contributed by atoms with E-state index >= 15 is 0 Å². The molecule has 0 saturated heterocycles. The molecule has 0 unspecified atom stereocenters. The van der Waals surface area contributed by atoms with Crippen molar-refractivity contribution in [3.05, 3.63) is 28.8 Å². The van der Waals surface area contributed by atoms with Gasteiger partial charge in [0.15, 0.2) is 0 Å². The molecular formula is C15H22O2. The minimum atomic E-state index is 0.0687. The number of rotatable bonds is 4. The second-order valence-electron chi connectivity index (χ2n) is 5.43. The molecule has 0 aliphatic rings. The van der Waals surface area contributed by atoms with Gasteiger partial charge in [-0.1, -0.05) is 26.8 Å². The zero-order valence-corrected chi connectivity index (χ0v) is 11.5. The summed E-state index contributed by atoms with van der Waals surface area (Å²) in [6.45, 7) is 8.62. The Bertz CT molecular complexity index is 400. The molecule has 1 rings (SSSR count). The number of ether oxygens (including phenoxy) is 1. The third-order valence-corrected chi connectivity index (χ3v) is 3.00. The van der Waals surface area contributed by atoms with Gasteiger partial charge in [-0.25, -0.2) is 0 Å². The molecule has 0 radical (unpaired) electrons. The molecule has 17 heavy (non-hydrogen) atoms. The fourth-order valence-corrected chi connectivity index (χ4v) is 1.97. The van der Waals surface area contributed by atoms with E-state index in [1.807, 2.05) is 0 Å². The maximum absolute atomic E-state index is 10.4. The first-order valence-corrected chi connectivity index (χ1v) is 6.01. The Hall–Kier alpha value is -1.31. The van der Waals surface area contributed by atoms with Gasteiger partial charge in [0.25, 0.3) is 0 Å². The van der Waals surface area contributed by atoms with Crippen molar-refractivity contribution in [1.29, 1.82) is 0 Å². The van der Waals surface area contributed by atoms with Gasteiger partial charge in [0.05, 0.1) is 7.11 Å². The molecule has 0 spiro atoms. The SMILES string of the molecule is COc1cc(CCC=O)c(C)cc1C(C)(C)C. The predicted molar refractivity (Wildman–Crippen MR) is 70.8 cm³/mol. The number of carbonyl (C=O) groups excluding carboxylic acids is 1. The van der Waals surface area contributed by atoms with Crippen molar-refractivity contribution in [1.82, 2.24) is 0 Å². The number of carbonyl (C=O) groups is 1. The molecule has 0 saturated carbocycles. The molecule has 2 heteroatoms. The Kier molecular flexibility index (Phi) is 4.33. The Morgan fingerprint density at radius 1 is 1.29 bits per heavy atom. The predicted octanol–water partition coefficient (Wildman–Crippen LogP) is 3.43. The van der Waals surface area contributed by atoms with E-state index in [1.54, 1.807) is 7.11 Å². The van der Waals surface area contributed by atoms with Crippen molar-refractivity contribution < 1.29 is 9.53 Å². The van der Waals surface area contributed by atoms with E-state index in [0.717, 1.165) is 18.5 Å². The van der Waals surface area contributed by atoms with E-state index in [-0.39, 0.29) is 5.41 Å². The second-order valence-corrected chi connectivity index (χ2v) is 5.43. The average Bonchev–Trinajstić information content (AvgIpc) is 2.25. The van der Waals surface area contributed by atoms with E-state index in [9.17, 15) is 4.79 Å². The van der Waals surface area contributed by atoms with Crippen molar-refractivity contribution in [3.63, 3.8) is 0 Å². The summed E-state index contributed by atoms with van der Waals surface area (Å²) in [7, 11) is 1.70. The van der Waals surface area contributed by atoms with Gasteiger partial charge in [-0.3, -0.25) is 0 Å². The van der Waals surface area contributed by atoms with Gasteiger partial charge >= 0.3 is 0 Å². The highest BCUT2D eigenvalue weighted by atomic mass is 16.5. The largest absolute Gasteiger partial charge is 0.496 e. The summed E-state index contributed by atoms with van der Waals surface area (Å²) in [5.41, 5.74) is 3.71. The number of hydrogen-bond acceptors (Lipinski definition) is 2. The number of aldehydes is 1. The zero-order valence-electron chi connectivity index (χ0n) is 11.5. The lowest BCUT2D eigenvalue weighted by Gasteiger charge is -2.23. The molecular weight excluding hydrogens is 212 g/mol. The molecule has 1 aromatic carbocycles. The molecule has 0 aromatic heterocycles. The van der Waals surface area contributed by atoms with Gasteiger partial charge in [-0.2, -0.15) is 0 Å². The molecule has 94 valence electrons. The fraction of sp³-hybridized carbons (Fsp3) is 0.533. The first kappa shape index (κ1) is 13.8. The zero-order chi connectivity index (χ0) is 13.1. The van der Waals surface area contributed by atoms with Gasteiger partial charge in [-0.15, -0.1) is 0 Å². The highest BCUT2D eigenvalue weighted by Crippen LogP contribution is 2.33. The molecule has 0 amide bonds. The van der Waals surface area contributed by atoms with Gasteiger partial charge < -0.3 is 9.53 Å². The molecule has 0 N–H and O–H groups in total. The third kappa shape index (κ3) is 3.32. The van der Waals surface area contributed by atoms with Crippen LogP contribution in [0.25, 0.3) is 0 Å². The molecule has 0 atom stereocenters. The van der Waals surface area contributed by atoms with Crippen LogP contribution in [0.3, 0.4) is 0 Å². The summed E-state index contributed by atoms with van der Waals surface area (Å²) in [6.07, 6.45) is 2.32. The summed E-state index contributed by atoms with van der Waals surface area (Å²) >= 11 is 0. The van der Waals surface area contributed by atoms with Crippen molar-refractivity contribution in [3.8, 4) is 5.75 Å². The molecule has 1 aromatic rings. The van der Waals surface area contributed by atoms with Gasteiger partial charge in [-0.05, 0) is 41.5 Å². The van der Waals surface area contributed by atoms with Crippen molar-refractivity contribution in [2.75, 3.05) is 7.11 Å². The van der Waals surface area contributed by atoms with E-state index in [1.165, 1.54) is 16.7 Å². The molecule has 0 fully saturated rings. The summed E-state index contributed by atoms with van der Waals surface area (Å²) in [5, 5.41) is 0. The first-order valence-electron chi connectivity index (χ1n) is 6.01. The van der Waals surface area contributed by atoms with Crippen LogP contribution in [0.4, 0.5) is 0 Å². The van der Waals surface area contributed by atoms with Crippen LogP contribution in [-0.4, -0.2) is 13.4 Å². The van der Waals surface area contributed by atoms with Crippen LogP contribution in [0, 0.1) is 6.92 Å². The van der Waals surface area contributed by atoms with Crippen LogP contribution < -0.4 is 4.74 Å². The van der Waals surface area contributed by atoms with Crippen LogP contribution in [0.15, 0.2) is 12.1 Å². The summed E-state index contributed by atoms with van der Waals surface area (Å²) in [6, 6.07) is 4.25. The summed E-state index contributed by atoms with van der Waals surface area (Å²) in [4.78, 5) is 10.4. The third-order valence-electron chi connectivity index (χ3n) is 3.00. The highest BCUT2D eigenvalue weighted by Gasteiger charge is 2.20. The topological polar surface area (TPSA) is 26.3 Å². The van der Waals surface area contributed by atoms with Crippen LogP contribution in [0.2, 0.25) is 0 Å². The van der Waals surface area contributed by atoms with E-state index in [0.29, 0.717) is 6.42 Å². The van der Waals surface area contributed by atoms with Crippen LogP contribution in [0.5, 0.6) is 5.75 Å². The maximum Gasteiger partial charge on any atom is 0.122 e. The van der Waals surface area contributed by atoms with Gasteiger partial charge in [0.2, 0.25) is 0 Å². The van der Waals surface area contributed by atoms with Gasteiger partial charge in [0.1, 0.15) is 12.0 Å². The Morgan fingerprint density at radius 3 is 2.41 bits per heavy atom. The quantitative estimate of drug-likeness (QED) is 0.746. The van der Waals surface area contributed by atoms with Gasteiger partial charge in [0, 0.05) is 6.42 Å². The minimum absolute atomic E-state index is 0.0687. The lowest BCUT2D eigenvalue weighted by molar-refractivity contribution is -0.107. The van der Waals surface area contributed by atoms with Crippen LogP contribution in [0.1, 0.15) is 43.9 Å². The lowest BCUT2D eigenvalue weighted by Crippen LogP contribution is -2.13. The molecule has 0 aliphatic heterocycles. The fourth-order valence-electron chi connectivity index (χ4n) is 1.97. The normalized spacial score (nSPS) is 11.4. The summed E-state index contributed by atoms with van der Waals surface area (Å²) < 4.78 is 5.46. The molecule has 0 aliphatic carbocycles. The number of hydrogen-bond donors (Lipinski definition) is 0. The highest BCUT2D eigenvalue weighted by molar-refractivity contribution is 5.52. The second kappa shape index (κ2) is 5.35. The maximum atomic E-state index is 10.4. The molecule has 0 bridgehead atoms. The Balaban J connectivity index is 3.20. The van der Waals surface area contributed by atoms with Crippen molar-refractivity contribution >= 4 is 6.29 Å². The van der Waals surface area contributed by atoms with Crippen LogP contribution in [-0.2, 0) is 16.6 Å². The smallest absolute Gasteiger partial charge is 0.122 e.